The minimum Gasteiger partial charge on any atom is -0.490 e. The van der Waals surface area contributed by atoms with Crippen molar-refractivity contribution in [3.63, 3.8) is 0 Å². The first-order chi connectivity index (χ1) is 9.70. The van der Waals surface area contributed by atoms with Gasteiger partial charge in [0.1, 0.15) is 5.75 Å². The van der Waals surface area contributed by atoms with Gasteiger partial charge in [-0.1, -0.05) is 31.0 Å². The summed E-state index contributed by atoms with van der Waals surface area (Å²) in [6.45, 7) is 5.46. The van der Waals surface area contributed by atoms with E-state index < -0.39 is 0 Å². The van der Waals surface area contributed by atoms with Crippen LogP contribution in [0.5, 0.6) is 5.75 Å². The molecule has 0 aliphatic heterocycles. The smallest absolute Gasteiger partial charge is 0.124 e. The van der Waals surface area contributed by atoms with Crippen LogP contribution in [0.3, 0.4) is 0 Å². The maximum absolute atomic E-state index is 6.32. The van der Waals surface area contributed by atoms with Crippen molar-refractivity contribution in [1.29, 1.82) is 0 Å². The van der Waals surface area contributed by atoms with E-state index in [1.165, 1.54) is 49.7 Å². The second-order valence-corrected chi connectivity index (χ2v) is 6.78. The predicted octanol–water partition coefficient (Wildman–Crippen LogP) is 4.20. The van der Waals surface area contributed by atoms with Gasteiger partial charge in [-0.3, -0.25) is 0 Å². The molecular formula is C18H27NO. The summed E-state index contributed by atoms with van der Waals surface area (Å²) in [6.07, 6.45) is 8.19. The van der Waals surface area contributed by atoms with Gasteiger partial charge in [-0.15, -0.1) is 0 Å². The summed E-state index contributed by atoms with van der Waals surface area (Å²) < 4.78 is 6.32. The summed E-state index contributed by atoms with van der Waals surface area (Å²) in [5.41, 5.74) is 2.65. The number of rotatable bonds is 5. The molecule has 2 nitrogen and oxygen atoms in total. The Balaban J connectivity index is 1.66. The first kappa shape index (κ1) is 13.9. The number of benzene rings is 1. The fourth-order valence-corrected chi connectivity index (χ4v) is 3.17. The Bertz CT molecular complexity index is 453. The largest absolute Gasteiger partial charge is 0.490 e. The van der Waals surface area contributed by atoms with Gasteiger partial charge in [-0.25, -0.2) is 0 Å². The number of hydrogen-bond donors (Lipinski definition) is 1. The molecule has 1 aromatic carbocycles. The lowest BCUT2D eigenvalue weighted by molar-refractivity contribution is 0.128. The van der Waals surface area contributed by atoms with Crippen LogP contribution in [0, 0.1) is 12.8 Å². The number of ether oxygens (including phenoxy) is 1. The van der Waals surface area contributed by atoms with Crippen LogP contribution in [-0.2, 0) is 6.54 Å². The van der Waals surface area contributed by atoms with Crippen LogP contribution in [0.2, 0.25) is 0 Å². The highest BCUT2D eigenvalue weighted by molar-refractivity contribution is 5.37. The zero-order valence-corrected chi connectivity index (χ0v) is 12.8. The molecule has 0 bridgehead atoms. The molecule has 1 aromatic rings. The molecule has 110 valence electrons. The van der Waals surface area contributed by atoms with E-state index in [9.17, 15) is 0 Å². The van der Waals surface area contributed by atoms with Gasteiger partial charge in [-0.2, -0.15) is 0 Å². The molecule has 0 saturated heterocycles. The Hall–Kier alpha value is -1.02. The highest BCUT2D eigenvalue weighted by Gasteiger charge is 2.23. The lowest BCUT2D eigenvalue weighted by Gasteiger charge is -2.28. The Labute approximate surface area is 122 Å². The average Bonchev–Trinajstić information content (AvgIpc) is 3.23. The predicted molar refractivity (Wildman–Crippen MR) is 83.1 cm³/mol. The summed E-state index contributed by atoms with van der Waals surface area (Å²) in [5, 5.41) is 3.61. The molecule has 2 fully saturated rings. The fourth-order valence-electron chi connectivity index (χ4n) is 3.17. The summed E-state index contributed by atoms with van der Waals surface area (Å²) in [5.74, 6) is 1.91. The topological polar surface area (TPSA) is 21.3 Å². The molecule has 2 unspecified atom stereocenters. The molecule has 0 amide bonds. The second-order valence-electron chi connectivity index (χ2n) is 6.78. The van der Waals surface area contributed by atoms with E-state index in [-0.39, 0.29) is 0 Å². The van der Waals surface area contributed by atoms with Gasteiger partial charge >= 0.3 is 0 Å². The van der Waals surface area contributed by atoms with E-state index in [0.717, 1.165) is 24.3 Å². The molecule has 2 aliphatic rings. The van der Waals surface area contributed by atoms with Crippen LogP contribution in [-0.4, -0.2) is 12.1 Å². The van der Waals surface area contributed by atoms with Crippen LogP contribution >= 0.6 is 0 Å². The average molecular weight is 273 g/mol. The van der Waals surface area contributed by atoms with Crippen molar-refractivity contribution >= 4 is 0 Å². The third-order valence-electron chi connectivity index (χ3n) is 4.56. The van der Waals surface area contributed by atoms with Crippen LogP contribution in [0.4, 0.5) is 0 Å². The highest BCUT2D eigenvalue weighted by Crippen LogP contribution is 2.30. The van der Waals surface area contributed by atoms with Crippen molar-refractivity contribution in [2.75, 3.05) is 0 Å². The Morgan fingerprint density at radius 2 is 2.05 bits per heavy atom. The standard InChI is InChI=1S/C18H27NO/c1-13-4-3-5-17(11-13)20-18-9-6-14(2)10-15(18)12-19-16-7-8-16/h6,9-10,13,16-17,19H,3-5,7-8,11-12H2,1-2H3. The molecule has 3 rings (SSSR count). The quantitative estimate of drug-likeness (QED) is 0.868. The van der Waals surface area contributed by atoms with Gasteiger partial charge in [-0.05, 0) is 51.0 Å². The minimum absolute atomic E-state index is 0.418. The summed E-state index contributed by atoms with van der Waals surface area (Å²) in [6, 6.07) is 7.36. The monoisotopic (exact) mass is 273 g/mol. The van der Waals surface area contributed by atoms with E-state index in [1.807, 2.05) is 0 Å². The molecule has 2 heteroatoms. The van der Waals surface area contributed by atoms with Crippen molar-refractivity contribution in [2.24, 2.45) is 5.92 Å². The summed E-state index contributed by atoms with van der Waals surface area (Å²) in [7, 11) is 0. The molecule has 2 saturated carbocycles. The van der Waals surface area contributed by atoms with Crippen LogP contribution in [0.15, 0.2) is 18.2 Å². The van der Waals surface area contributed by atoms with Crippen molar-refractivity contribution < 1.29 is 4.74 Å². The second kappa shape index (κ2) is 6.17. The van der Waals surface area contributed by atoms with E-state index in [1.54, 1.807) is 0 Å². The normalized spacial score (nSPS) is 26.5. The molecule has 2 aliphatic carbocycles. The Morgan fingerprint density at radius 1 is 1.20 bits per heavy atom. The van der Waals surface area contributed by atoms with Gasteiger partial charge in [0.2, 0.25) is 0 Å². The van der Waals surface area contributed by atoms with E-state index in [4.69, 9.17) is 4.74 Å². The van der Waals surface area contributed by atoms with Gasteiger partial charge in [0, 0.05) is 18.2 Å². The molecular weight excluding hydrogens is 246 g/mol. The van der Waals surface area contributed by atoms with Crippen LogP contribution < -0.4 is 10.1 Å². The maximum Gasteiger partial charge on any atom is 0.124 e. The van der Waals surface area contributed by atoms with Crippen LogP contribution in [0.25, 0.3) is 0 Å². The molecule has 0 aromatic heterocycles. The zero-order chi connectivity index (χ0) is 13.9. The molecule has 0 radical (unpaired) electrons. The van der Waals surface area contributed by atoms with Crippen molar-refractivity contribution in [1.82, 2.24) is 5.32 Å². The molecule has 20 heavy (non-hydrogen) atoms. The van der Waals surface area contributed by atoms with Gasteiger partial charge in [0.05, 0.1) is 6.10 Å². The van der Waals surface area contributed by atoms with Crippen LogP contribution in [0.1, 0.15) is 56.6 Å². The zero-order valence-electron chi connectivity index (χ0n) is 12.8. The summed E-state index contributed by atoms with van der Waals surface area (Å²) in [4.78, 5) is 0. The third-order valence-corrected chi connectivity index (χ3v) is 4.56. The first-order valence-corrected chi connectivity index (χ1v) is 8.20. The lowest BCUT2D eigenvalue weighted by atomic mass is 9.88. The number of aryl methyl sites for hydroxylation is 1. The fraction of sp³-hybridized carbons (Fsp3) is 0.667. The van der Waals surface area contributed by atoms with Gasteiger partial charge in [0.25, 0.3) is 0 Å². The minimum atomic E-state index is 0.418. The molecule has 2 atom stereocenters. The van der Waals surface area contributed by atoms with E-state index in [2.05, 4.69) is 37.4 Å². The lowest BCUT2D eigenvalue weighted by Crippen LogP contribution is -2.25. The molecule has 1 N–H and O–H groups in total. The highest BCUT2D eigenvalue weighted by atomic mass is 16.5. The van der Waals surface area contributed by atoms with Gasteiger partial charge in [0.15, 0.2) is 0 Å². The SMILES string of the molecule is Cc1ccc(OC2CCCC(C)C2)c(CNC2CC2)c1. The molecule has 0 spiro atoms. The summed E-state index contributed by atoms with van der Waals surface area (Å²) >= 11 is 0. The van der Waals surface area contributed by atoms with Crippen molar-refractivity contribution in [3.8, 4) is 5.75 Å². The van der Waals surface area contributed by atoms with E-state index in [0.29, 0.717) is 6.10 Å². The number of nitrogens with one attached hydrogen (secondary N) is 1. The Kier molecular flexibility index (Phi) is 4.30. The number of hydrogen-bond acceptors (Lipinski definition) is 2. The van der Waals surface area contributed by atoms with Crippen molar-refractivity contribution in [3.05, 3.63) is 29.3 Å². The van der Waals surface area contributed by atoms with Crippen molar-refractivity contribution in [2.45, 2.75) is 71.1 Å². The van der Waals surface area contributed by atoms with Gasteiger partial charge < -0.3 is 10.1 Å². The maximum atomic E-state index is 6.32. The molecule has 0 heterocycles. The third kappa shape index (κ3) is 3.76. The first-order valence-electron chi connectivity index (χ1n) is 8.20. The van der Waals surface area contributed by atoms with E-state index >= 15 is 0 Å². The Morgan fingerprint density at radius 3 is 2.80 bits per heavy atom.